The number of anilines is 2. The molecule has 0 spiro atoms. The van der Waals surface area contributed by atoms with Gasteiger partial charge in [0.2, 0.25) is 0 Å². The molecule has 0 aliphatic carbocycles. The minimum absolute atomic E-state index is 0.746. The van der Waals surface area contributed by atoms with Crippen LogP contribution in [0.25, 0.3) is 11.1 Å². The number of nitrogen functional groups attached to an aromatic ring is 2. The third-order valence-electron chi connectivity index (χ3n) is 2.87. The van der Waals surface area contributed by atoms with Crippen molar-refractivity contribution < 1.29 is 0 Å². The quantitative estimate of drug-likeness (QED) is 0.713. The van der Waals surface area contributed by atoms with E-state index in [-0.39, 0.29) is 0 Å². The summed E-state index contributed by atoms with van der Waals surface area (Å²) in [4.78, 5) is 0. The molecule has 2 heteroatoms. The summed E-state index contributed by atoms with van der Waals surface area (Å²) in [5.41, 5.74) is 17.7. The van der Waals surface area contributed by atoms with E-state index in [1.165, 1.54) is 5.56 Å². The first kappa shape index (κ1) is 10.6. The molecular formula is C14H16N2. The van der Waals surface area contributed by atoms with E-state index in [0.717, 1.165) is 28.1 Å². The molecule has 16 heavy (non-hydrogen) atoms. The highest BCUT2D eigenvalue weighted by molar-refractivity contribution is 5.75. The van der Waals surface area contributed by atoms with Crippen molar-refractivity contribution in [2.75, 3.05) is 11.5 Å². The molecule has 4 N–H and O–H groups in total. The maximum atomic E-state index is 5.91. The zero-order valence-electron chi connectivity index (χ0n) is 9.62. The van der Waals surface area contributed by atoms with Gasteiger partial charge in [-0.2, -0.15) is 0 Å². The number of hydrogen-bond acceptors (Lipinski definition) is 2. The van der Waals surface area contributed by atoms with Gasteiger partial charge in [0, 0.05) is 11.4 Å². The second kappa shape index (κ2) is 3.89. The number of hydrogen-bond donors (Lipinski definition) is 2. The second-order valence-corrected chi connectivity index (χ2v) is 4.15. The van der Waals surface area contributed by atoms with E-state index in [4.69, 9.17) is 11.5 Å². The largest absolute Gasteiger partial charge is 0.398 e. The molecule has 2 aromatic carbocycles. The molecule has 2 aromatic rings. The van der Waals surface area contributed by atoms with Gasteiger partial charge >= 0.3 is 0 Å². The van der Waals surface area contributed by atoms with Crippen LogP contribution in [-0.4, -0.2) is 0 Å². The lowest BCUT2D eigenvalue weighted by Crippen LogP contribution is -1.96. The van der Waals surface area contributed by atoms with Gasteiger partial charge in [-0.15, -0.1) is 0 Å². The Morgan fingerprint density at radius 2 is 1.25 bits per heavy atom. The fraction of sp³-hybridized carbons (Fsp3) is 0.143. The van der Waals surface area contributed by atoms with Crippen LogP contribution in [0.1, 0.15) is 11.1 Å². The molecule has 2 nitrogen and oxygen atoms in total. The van der Waals surface area contributed by atoms with Crippen molar-refractivity contribution in [3.8, 4) is 11.1 Å². The monoisotopic (exact) mass is 212 g/mol. The van der Waals surface area contributed by atoms with Crippen molar-refractivity contribution in [1.82, 2.24) is 0 Å². The SMILES string of the molecule is Cc1ccc(-c2cc(N)c(C)c(N)c2)cc1. The van der Waals surface area contributed by atoms with Crippen LogP contribution < -0.4 is 11.5 Å². The molecule has 0 saturated carbocycles. The first-order chi connectivity index (χ1) is 7.58. The average molecular weight is 212 g/mol. The summed E-state index contributed by atoms with van der Waals surface area (Å²) < 4.78 is 0. The molecule has 0 atom stereocenters. The smallest absolute Gasteiger partial charge is 0.0370 e. The van der Waals surface area contributed by atoms with Gasteiger partial charge in [0.1, 0.15) is 0 Å². The maximum absolute atomic E-state index is 5.91. The number of rotatable bonds is 1. The third kappa shape index (κ3) is 1.87. The van der Waals surface area contributed by atoms with E-state index in [0.29, 0.717) is 0 Å². The number of aryl methyl sites for hydroxylation is 1. The maximum Gasteiger partial charge on any atom is 0.0370 e. The Labute approximate surface area is 95.9 Å². The van der Waals surface area contributed by atoms with Gasteiger partial charge in [-0.05, 0) is 42.7 Å². The van der Waals surface area contributed by atoms with E-state index in [1.54, 1.807) is 0 Å². The Balaban J connectivity index is 2.52. The van der Waals surface area contributed by atoms with Gasteiger partial charge in [-0.25, -0.2) is 0 Å². The normalized spacial score (nSPS) is 10.4. The first-order valence-electron chi connectivity index (χ1n) is 5.30. The van der Waals surface area contributed by atoms with Crippen LogP contribution in [0.3, 0.4) is 0 Å². The lowest BCUT2D eigenvalue weighted by Gasteiger charge is -2.09. The van der Waals surface area contributed by atoms with Crippen LogP contribution in [0, 0.1) is 13.8 Å². The lowest BCUT2D eigenvalue weighted by atomic mass is 10.0. The molecule has 0 fully saturated rings. The number of nitrogens with two attached hydrogens (primary N) is 2. The molecule has 0 radical (unpaired) electrons. The fourth-order valence-electron chi connectivity index (χ4n) is 1.67. The summed E-state index contributed by atoms with van der Waals surface area (Å²) in [5.74, 6) is 0. The van der Waals surface area contributed by atoms with Gasteiger partial charge in [-0.1, -0.05) is 29.8 Å². The third-order valence-corrected chi connectivity index (χ3v) is 2.87. The Morgan fingerprint density at radius 3 is 1.75 bits per heavy atom. The summed E-state index contributed by atoms with van der Waals surface area (Å²) in [5, 5.41) is 0. The molecule has 82 valence electrons. The predicted molar refractivity (Wildman–Crippen MR) is 70.2 cm³/mol. The van der Waals surface area contributed by atoms with E-state index in [9.17, 15) is 0 Å². The van der Waals surface area contributed by atoms with Gasteiger partial charge in [0.25, 0.3) is 0 Å². The molecule has 0 aromatic heterocycles. The molecule has 0 aliphatic rings. The van der Waals surface area contributed by atoms with Crippen molar-refractivity contribution in [2.24, 2.45) is 0 Å². The molecule has 0 aliphatic heterocycles. The molecule has 2 rings (SSSR count). The lowest BCUT2D eigenvalue weighted by molar-refractivity contribution is 1.45. The van der Waals surface area contributed by atoms with E-state index in [2.05, 4.69) is 31.2 Å². The molecule has 0 heterocycles. The first-order valence-corrected chi connectivity index (χ1v) is 5.30. The van der Waals surface area contributed by atoms with Gasteiger partial charge in [0.05, 0.1) is 0 Å². The minimum Gasteiger partial charge on any atom is -0.398 e. The summed E-state index contributed by atoms with van der Waals surface area (Å²) in [6, 6.07) is 12.3. The highest BCUT2D eigenvalue weighted by atomic mass is 14.6. The predicted octanol–water partition coefficient (Wildman–Crippen LogP) is 3.13. The minimum atomic E-state index is 0.746. The molecule has 0 amide bonds. The topological polar surface area (TPSA) is 52.0 Å². The fourth-order valence-corrected chi connectivity index (χ4v) is 1.67. The van der Waals surface area contributed by atoms with Crippen LogP contribution in [0.2, 0.25) is 0 Å². The van der Waals surface area contributed by atoms with Crippen molar-refractivity contribution >= 4 is 11.4 Å². The average Bonchev–Trinajstić information content (AvgIpc) is 2.26. The summed E-state index contributed by atoms with van der Waals surface area (Å²) >= 11 is 0. The van der Waals surface area contributed by atoms with Crippen molar-refractivity contribution in [1.29, 1.82) is 0 Å². The Kier molecular flexibility index (Phi) is 2.57. The highest BCUT2D eigenvalue weighted by Gasteiger charge is 2.03. The van der Waals surface area contributed by atoms with Crippen LogP contribution in [0.15, 0.2) is 36.4 Å². The highest BCUT2D eigenvalue weighted by Crippen LogP contribution is 2.28. The standard InChI is InChI=1S/C14H16N2/c1-9-3-5-11(6-4-9)12-7-13(15)10(2)14(16)8-12/h3-8H,15-16H2,1-2H3. The zero-order valence-corrected chi connectivity index (χ0v) is 9.62. The molecule has 0 bridgehead atoms. The van der Waals surface area contributed by atoms with Crippen molar-refractivity contribution in [2.45, 2.75) is 13.8 Å². The van der Waals surface area contributed by atoms with E-state index >= 15 is 0 Å². The number of benzene rings is 2. The molecule has 0 unspecified atom stereocenters. The summed E-state index contributed by atoms with van der Waals surface area (Å²) in [6.07, 6.45) is 0. The van der Waals surface area contributed by atoms with Crippen molar-refractivity contribution in [3.05, 3.63) is 47.5 Å². The summed E-state index contributed by atoms with van der Waals surface area (Å²) in [6.45, 7) is 4.01. The van der Waals surface area contributed by atoms with E-state index < -0.39 is 0 Å². The second-order valence-electron chi connectivity index (χ2n) is 4.15. The Morgan fingerprint density at radius 1 is 0.750 bits per heavy atom. The van der Waals surface area contributed by atoms with E-state index in [1.807, 2.05) is 19.1 Å². The van der Waals surface area contributed by atoms with Crippen LogP contribution >= 0.6 is 0 Å². The van der Waals surface area contributed by atoms with Gasteiger partial charge in [-0.3, -0.25) is 0 Å². The van der Waals surface area contributed by atoms with Gasteiger partial charge < -0.3 is 11.5 Å². The van der Waals surface area contributed by atoms with Crippen LogP contribution in [0.4, 0.5) is 11.4 Å². The zero-order chi connectivity index (χ0) is 11.7. The Hall–Kier alpha value is -1.96. The molecule has 0 saturated heterocycles. The van der Waals surface area contributed by atoms with Crippen molar-refractivity contribution in [3.63, 3.8) is 0 Å². The van der Waals surface area contributed by atoms with Gasteiger partial charge in [0.15, 0.2) is 0 Å². The Bertz CT molecular complexity index is 490. The van der Waals surface area contributed by atoms with Crippen LogP contribution in [-0.2, 0) is 0 Å². The molecular weight excluding hydrogens is 196 g/mol. The van der Waals surface area contributed by atoms with Crippen LogP contribution in [0.5, 0.6) is 0 Å². The summed E-state index contributed by atoms with van der Waals surface area (Å²) in [7, 11) is 0.